The van der Waals surface area contributed by atoms with Crippen LogP contribution in [0.2, 0.25) is 0 Å². The Hall–Kier alpha value is -1.84. The molecule has 0 saturated heterocycles. The molecular weight excluding hydrogens is 180 g/mol. The lowest BCUT2D eigenvalue weighted by Crippen LogP contribution is -2.22. The molecule has 0 spiro atoms. The Morgan fingerprint density at radius 3 is 2.57 bits per heavy atom. The van der Waals surface area contributed by atoms with E-state index in [1.165, 1.54) is 6.92 Å². The fourth-order valence-electron chi connectivity index (χ4n) is 1.13. The maximum absolute atomic E-state index is 11.0. The Labute approximate surface area is 82.1 Å². The smallest absolute Gasteiger partial charge is 0.249 e. The topological polar surface area (TPSA) is 72.2 Å². The third-order valence-electron chi connectivity index (χ3n) is 1.81. The second-order valence-electron chi connectivity index (χ2n) is 2.93. The molecule has 3 N–H and O–H groups in total. The first-order chi connectivity index (χ1) is 6.61. The number of primary amides is 1. The number of amides is 2. The van der Waals surface area contributed by atoms with Gasteiger partial charge in [0.05, 0.1) is 0 Å². The molecule has 0 unspecified atom stereocenters. The minimum atomic E-state index is -0.481. The highest BCUT2D eigenvalue weighted by Crippen LogP contribution is 2.07. The number of carbonyl (C=O) groups excluding carboxylic acids is 2. The first kappa shape index (κ1) is 10.2. The Bertz CT molecular complexity index is 361. The molecule has 0 aromatic heterocycles. The van der Waals surface area contributed by atoms with Gasteiger partial charge in [0.15, 0.2) is 0 Å². The van der Waals surface area contributed by atoms with Crippen LogP contribution in [0.1, 0.15) is 22.8 Å². The van der Waals surface area contributed by atoms with Crippen LogP contribution in [0.25, 0.3) is 0 Å². The minimum Gasteiger partial charge on any atom is -0.366 e. The van der Waals surface area contributed by atoms with E-state index in [9.17, 15) is 9.59 Å². The average Bonchev–Trinajstić information content (AvgIpc) is 2.15. The van der Waals surface area contributed by atoms with Crippen LogP contribution in [-0.4, -0.2) is 11.8 Å². The SMILES string of the molecule is CC(=O)NCc1ccccc1C(N)=O. The molecular formula is C10H12N2O2. The highest BCUT2D eigenvalue weighted by atomic mass is 16.1. The molecule has 0 aliphatic carbocycles. The van der Waals surface area contributed by atoms with Crippen molar-refractivity contribution < 1.29 is 9.59 Å². The molecule has 1 aromatic carbocycles. The van der Waals surface area contributed by atoms with E-state index in [2.05, 4.69) is 5.32 Å². The molecule has 2 amide bonds. The van der Waals surface area contributed by atoms with Gasteiger partial charge in [0.25, 0.3) is 0 Å². The largest absolute Gasteiger partial charge is 0.366 e. The fourth-order valence-corrected chi connectivity index (χ4v) is 1.13. The Kier molecular flexibility index (Phi) is 3.23. The second kappa shape index (κ2) is 4.41. The van der Waals surface area contributed by atoms with Crippen molar-refractivity contribution in [2.45, 2.75) is 13.5 Å². The number of rotatable bonds is 3. The molecule has 0 aliphatic heterocycles. The molecule has 1 rings (SSSR count). The lowest BCUT2D eigenvalue weighted by Gasteiger charge is -2.06. The molecule has 0 saturated carbocycles. The minimum absolute atomic E-state index is 0.135. The van der Waals surface area contributed by atoms with Crippen LogP contribution < -0.4 is 11.1 Å². The predicted molar refractivity (Wildman–Crippen MR) is 52.5 cm³/mol. The highest BCUT2D eigenvalue weighted by molar-refractivity contribution is 5.94. The third kappa shape index (κ3) is 2.58. The van der Waals surface area contributed by atoms with Crippen LogP contribution in [0, 0.1) is 0 Å². The van der Waals surface area contributed by atoms with Crippen molar-refractivity contribution in [3.8, 4) is 0 Å². The van der Waals surface area contributed by atoms with Crippen molar-refractivity contribution in [2.75, 3.05) is 0 Å². The van der Waals surface area contributed by atoms with Gasteiger partial charge in [-0.2, -0.15) is 0 Å². The molecule has 4 heteroatoms. The Morgan fingerprint density at radius 1 is 1.36 bits per heavy atom. The summed E-state index contributed by atoms with van der Waals surface area (Å²) in [5, 5.41) is 2.61. The van der Waals surface area contributed by atoms with Gasteiger partial charge in [-0.3, -0.25) is 9.59 Å². The van der Waals surface area contributed by atoms with E-state index in [0.717, 1.165) is 5.56 Å². The Morgan fingerprint density at radius 2 is 2.00 bits per heavy atom. The summed E-state index contributed by atoms with van der Waals surface area (Å²) in [4.78, 5) is 21.6. The second-order valence-corrected chi connectivity index (χ2v) is 2.93. The van der Waals surface area contributed by atoms with Crippen LogP contribution >= 0.6 is 0 Å². The lowest BCUT2D eigenvalue weighted by molar-refractivity contribution is -0.119. The molecule has 14 heavy (non-hydrogen) atoms. The number of hydrogen-bond acceptors (Lipinski definition) is 2. The first-order valence-electron chi connectivity index (χ1n) is 4.23. The molecule has 74 valence electrons. The fraction of sp³-hybridized carbons (Fsp3) is 0.200. The van der Waals surface area contributed by atoms with Crippen LogP contribution in [0.5, 0.6) is 0 Å². The van der Waals surface area contributed by atoms with E-state index in [-0.39, 0.29) is 5.91 Å². The molecule has 0 heterocycles. The standard InChI is InChI=1S/C10H12N2O2/c1-7(13)12-6-8-4-2-3-5-9(8)10(11)14/h2-5H,6H2,1H3,(H2,11,14)(H,12,13). The van der Waals surface area contributed by atoms with Crippen molar-refractivity contribution in [1.29, 1.82) is 0 Å². The highest BCUT2D eigenvalue weighted by Gasteiger charge is 2.06. The first-order valence-corrected chi connectivity index (χ1v) is 4.23. The van der Waals surface area contributed by atoms with Gasteiger partial charge in [-0.1, -0.05) is 18.2 Å². The Balaban J connectivity index is 2.84. The van der Waals surface area contributed by atoms with Gasteiger partial charge in [-0.25, -0.2) is 0 Å². The number of carbonyl (C=O) groups is 2. The van der Waals surface area contributed by atoms with Gasteiger partial charge in [-0.15, -0.1) is 0 Å². The van der Waals surface area contributed by atoms with Gasteiger partial charge in [0.2, 0.25) is 11.8 Å². The summed E-state index contributed by atoms with van der Waals surface area (Å²) in [6.07, 6.45) is 0. The van der Waals surface area contributed by atoms with Crippen molar-refractivity contribution in [1.82, 2.24) is 5.32 Å². The summed E-state index contributed by atoms with van der Waals surface area (Å²) < 4.78 is 0. The summed E-state index contributed by atoms with van der Waals surface area (Å²) in [5.41, 5.74) is 6.35. The van der Waals surface area contributed by atoms with Crippen molar-refractivity contribution in [3.05, 3.63) is 35.4 Å². The van der Waals surface area contributed by atoms with E-state index in [0.29, 0.717) is 12.1 Å². The van der Waals surface area contributed by atoms with Crippen LogP contribution in [-0.2, 0) is 11.3 Å². The molecule has 0 aliphatic rings. The zero-order chi connectivity index (χ0) is 10.6. The molecule has 0 atom stereocenters. The normalized spacial score (nSPS) is 9.50. The van der Waals surface area contributed by atoms with Crippen LogP contribution in [0.4, 0.5) is 0 Å². The number of hydrogen-bond donors (Lipinski definition) is 2. The predicted octanol–water partition coefficient (Wildman–Crippen LogP) is 0.422. The van der Waals surface area contributed by atoms with E-state index in [1.807, 2.05) is 0 Å². The average molecular weight is 192 g/mol. The maximum Gasteiger partial charge on any atom is 0.249 e. The number of benzene rings is 1. The molecule has 0 bridgehead atoms. The van der Waals surface area contributed by atoms with Gasteiger partial charge in [0.1, 0.15) is 0 Å². The van der Waals surface area contributed by atoms with Gasteiger partial charge >= 0.3 is 0 Å². The van der Waals surface area contributed by atoms with Crippen molar-refractivity contribution >= 4 is 11.8 Å². The van der Waals surface area contributed by atoms with Crippen molar-refractivity contribution in [3.63, 3.8) is 0 Å². The third-order valence-corrected chi connectivity index (χ3v) is 1.81. The summed E-state index contributed by atoms with van der Waals surface area (Å²) in [6, 6.07) is 6.93. The molecule has 0 fully saturated rings. The van der Waals surface area contributed by atoms with E-state index in [4.69, 9.17) is 5.73 Å². The molecule has 1 aromatic rings. The quantitative estimate of drug-likeness (QED) is 0.728. The summed E-state index contributed by atoms with van der Waals surface area (Å²) >= 11 is 0. The summed E-state index contributed by atoms with van der Waals surface area (Å²) in [6.45, 7) is 1.75. The van der Waals surface area contributed by atoms with E-state index < -0.39 is 5.91 Å². The van der Waals surface area contributed by atoms with Crippen molar-refractivity contribution in [2.24, 2.45) is 5.73 Å². The van der Waals surface area contributed by atoms with Crippen LogP contribution in [0.15, 0.2) is 24.3 Å². The number of nitrogens with one attached hydrogen (secondary N) is 1. The monoisotopic (exact) mass is 192 g/mol. The summed E-state index contributed by atoms with van der Waals surface area (Å²) in [7, 11) is 0. The zero-order valence-corrected chi connectivity index (χ0v) is 7.91. The zero-order valence-electron chi connectivity index (χ0n) is 7.91. The maximum atomic E-state index is 11.0. The number of nitrogens with two attached hydrogens (primary N) is 1. The summed E-state index contributed by atoms with van der Waals surface area (Å²) in [5.74, 6) is -0.616. The van der Waals surface area contributed by atoms with E-state index >= 15 is 0 Å². The van der Waals surface area contributed by atoms with Gasteiger partial charge < -0.3 is 11.1 Å². The molecule has 0 radical (unpaired) electrons. The molecule has 4 nitrogen and oxygen atoms in total. The lowest BCUT2D eigenvalue weighted by atomic mass is 10.1. The van der Waals surface area contributed by atoms with E-state index in [1.54, 1.807) is 24.3 Å². The van der Waals surface area contributed by atoms with Gasteiger partial charge in [-0.05, 0) is 11.6 Å². The van der Waals surface area contributed by atoms with Crippen LogP contribution in [0.3, 0.4) is 0 Å². The van der Waals surface area contributed by atoms with Gasteiger partial charge in [0, 0.05) is 19.0 Å².